The predicted molar refractivity (Wildman–Crippen MR) is 111 cm³/mol. The lowest BCUT2D eigenvalue weighted by atomic mass is 10.2. The molecule has 0 unspecified atom stereocenters. The molecule has 0 radical (unpaired) electrons. The van der Waals surface area contributed by atoms with E-state index in [4.69, 9.17) is 21.7 Å². The Bertz CT molecular complexity index is 1010. The second-order valence-corrected chi connectivity index (χ2v) is 8.04. The van der Waals surface area contributed by atoms with Gasteiger partial charge in [-0.1, -0.05) is 0 Å². The van der Waals surface area contributed by atoms with E-state index in [-0.39, 0.29) is 18.3 Å². The van der Waals surface area contributed by atoms with Gasteiger partial charge in [0.05, 0.1) is 30.5 Å². The number of quaternary nitrogens is 1. The van der Waals surface area contributed by atoms with Gasteiger partial charge in [0.25, 0.3) is 5.56 Å². The van der Waals surface area contributed by atoms with E-state index in [1.54, 1.807) is 17.0 Å². The van der Waals surface area contributed by atoms with Crippen molar-refractivity contribution in [3.8, 4) is 11.5 Å². The van der Waals surface area contributed by atoms with Gasteiger partial charge >= 0.3 is 0 Å². The van der Waals surface area contributed by atoms with Crippen molar-refractivity contribution >= 4 is 29.0 Å². The van der Waals surface area contributed by atoms with E-state index in [2.05, 4.69) is 10.3 Å². The highest BCUT2D eigenvalue weighted by atomic mass is 32.1. The van der Waals surface area contributed by atoms with Crippen LogP contribution in [0.25, 0.3) is 10.9 Å². The van der Waals surface area contributed by atoms with E-state index in [1.807, 2.05) is 0 Å². The van der Waals surface area contributed by atoms with E-state index in [0.29, 0.717) is 53.1 Å². The molecule has 0 atom stereocenters. The van der Waals surface area contributed by atoms with Crippen molar-refractivity contribution in [2.45, 2.75) is 38.6 Å². The number of fused-ring (bicyclic) bond motifs is 2. The molecule has 2 aliphatic heterocycles. The molecule has 0 aliphatic carbocycles. The van der Waals surface area contributed by atoms with Crippen molar-refractivity contribution in [2.24, 2.45) is 0 Å². The molecule has 3 heterocycles. The van der Waals surface area contributed by atoms with Crippen LogP contribution in [0.15, 0.2) is 16.9 Å². The van der Waals surface area contributed by atoms with E-state index in [1.165, 1.54) is 30.5 Å². The molecule has 1 aromatic heterocycles. The Morgan fingerprint density at radius 3 is 2.76 bits per heavy atom. The standard InChI is InChI=1S/C20H26N4O4S/c25-18(21-6-4-9-23-7-1-2-8-23)5-3-10-24-19(26)14-11-16-17(28-13-27-16)12-15(14)22-20(24)29/h11-12H,1-10,13H2,(H,21,25)(H,22,29)/p+1. The predicted octanol–water partition coefficient (Wildman–Crippen LogP) is 0.753. The van der Waals surface area contributed by atoms with E-state index in [0.717, 1.165) is 13.0 Å². The number of likely N-dealkylation sites (tertiary alicyclic amines) is 1. The van der Waals surface area contributed by atoms with E-state index in [9.17, 15) is 9.59 Å². The minimum absolute atomic E-state index is 0.0218. The topological polar surface area (TPSA) is 89.8 Å². The van der Waals surface area contributed by atoms with Crippen LogP contribution >= 0.6 is 12.2 Å². The van der Waals surface area contributed by atoms with Crippen LogP contribution in [0.4, 0.5) is 0 Å². The number of carbonyl (C=O) groups is 1. The Balaban J connectivity index is 1.30. The number of aromatic amines is 1. The second-order valence-electron chi connectivity index (χ2n) is 7.65. The molecule has 1 saturated heterocycles. The zero-order valence-corrected chi connectivity index (χ0v) is 17.2. The number of benzene rings is 1. The van der Waals surface area contributed by atoms with Gasteiger partial charge in [-0.3, -0.25) is 14.2 Å². The third-order valence-corrected chi connectivity index (χ3v) is 5.92. The Hall–Kier alpha value is -2.39. The number of nitrogens with zero attached hydrogens (tertiary/aromatic N) is 1. The van der Waals surface area contributed by atoms with Crippen molar-refractivity contribution in [3.63, 3.8) is 0 Å². The number of aromatic nitrogens is 2. The lowest BCUT2D eigenvalue weighted by Gasteiger charge is -2.12. The largest absolute Gasteiger partial charge is 0.454 e. The normalized spacial score (nSPS) is 15.9. The Morgan fingerprint density at radius 2 is 1.97 bits per heavy atom. The van der Waals surface area contributed by atoms with Crippen molar-refractivity contribution in [2.75, 3.05) is 33.0 Å². The lowest BCUT2D eigenvalue weighted by molar-refractivity contribution is -0.887. The first-order chi connectivity index (χ1) is 14.1. The Kier molecular flexibility index (Phi) is 6.15. The average Bonchev–Trinajstić information content (AvgIpc) is 3.38. The van der Waals surface area contributed by atoms with Gasteiger partial charge in [-0.2, -0.15) is 0 Å². The summed E-state index contributed by atoms with van der Waals surface area (Å²) >= 11 is 5.34. The molecule has 8 nitrogen and oxygen atoms in total. The SMILES string of the molecule is O=C(CCCn1c(=S)[nH]c2cc3c(cc2c1=O)OCO3)NCCC[NH+]1CCCC1. The Labute approximate surface area is 173 Å². The van der Waals surface area contributed by atoms with Crippen LogP contribution in [-0.2, 0) is 11.3 Å². The van der Waals surface area contributed by atoms with Gasteiger partial charge in [0, 0.05) is 44.8 Å². The minimum atomic E-state index is -0.184. The maximum Gasteiger partial charge on any atom is 0.262 e. The maximum atomic E-state index is 12.8. The summed E-state index contributed by atoms with van der Waals surface area (Å²) in [6.45, 7) is 4.90. The molecule has 3 N–H and O–H groups in total. The number of hydrogen-bond acceptors (Lipinski definition) is 5. The van der Waals surface area contributed by atoms with Crippen LogP contribution in [0.3, 0.4) is 0 Å². The molecule has 1 aromatic carbocycles. The van der Waals surface area contributed by atoms with Gasteiger partial charge in [0.15, 0.2) is 16.3 Å². The maximum absolute atomic E-state index is 12.8. The highest BCUT2D eigenvalue weighted by Crippen LogP contribution is 2.34. The molecule has 9 heteroatoms. The molecule has 156 valence electrons. The summed E-state index contributed by atoms with van der Waals surface area (Å²) in [7, 11) is 0. The van der Waals surface area contributed by atoms with Crippen LogP contribution in [0.5, 0.6) is 11.5 Å². The Morgan fingerprint density at radius 1 is 1.21 bits per heavy atom. The summed E-state index contributed by atoms with van der Waals surface area (Å²) < 4.78 is 12.6. The number of rotatable bonds is 8. The summed E-state index contributed by atoms with van der Waals surface area (Å²) in [6, 6.07) is 3.41. The highest BCUT2D eigenvalue weighted by Gasteiger charge is 2.17. The average molecular weight is 420 g/mol. The van der Waals surface area contributed by atoms with E-state index < -0.39 is 0 Å². The minimum Gasteiger partial charge on any atom is -0.454 e. The molecular formula is C20H27N4O4S+. The number of nitrogens with one attached hydrogen (secondary N) is 3. The zero-order chi connectivity index (χ0) is 20.2. The number of carbonyl (C=O) groups excluding carboxylic acids is 1. The number of hydrogen-bond donors (Lipinski definition) is 3. The van der Waals surface area contributed by atoms with Crippen molar-refractivity contribution < 1.29 is 19.2 Å². The first kappa shape index (κ1) is 19.9. The van der Waals surface area contributed by atoms with Crippen LogP contribution in [0, 0.1) is 4.77 Å². The zero-order valence-electron chi connectivity index (χ0n) is 16.4. The summed E-state index contributed by atoms with van der Waals surface area (Å²) in [5, 5.41) is 3.47. The van der Waals surface area contributed by atoms with E-state index >= 15 is 0 Å². The summed E-state index contributed by atoms with van der Waals surface area (Å²) in [5.41, 5.74) is 0.439. The smallest absolute Gasteiger partial charge is 0.262 e. The number of amides is 1. The second kappa shape index (κ2) is 8.96. The molecule has 0 bridgehead atoms. The number of ether oxygens (including phenoxy) is 2. The van der Waals surface area contributed by atoms with Gasteiger partial charge in [-0.25, -0.2) is 0 Å². The van der Waals surface area contributed by atoms with Crippen molar-refractivity contribution in [1.29, 1.82) is 0 Å². The van der Waals surface area contributed by atoms with Crippen molar-refractivity contribution in [3.05, 3.63) is 27.3 Å². The molecule has 2 aromatic rings. The molecule has 2 aliphatic rings. The van der Waals surface area contributed by atoms with Gasteiger partial charge in [-0.15, -0.1) is 0 Å². The fourth-order valence-electron chi connectivity index (χ4n) is 4.02. The van der Waals surface area contributed by atoms with Gasteiger partial charge < -0.3 is 24.7 Å². The van der Waals surface area contributed by atoms with Crippen LogP contribution in [0.2, 0.25) is 0 Å². The summed E-state index contributed by atoms with van der Waals surface area (Å²) in [6.07, 6.45) is 4.57. The molecule has 0 saturated carbocycles. The van der Waals surface area contributed by atoms with Gasteiger partial charge in [0.2, 0.25) is 12.7 Å². The third kappa shape index (κ3) is 4.62. The van der Waals surface area contributed by atoms with Gasteiger partial charge in [0.1, 0.15) is 0 Å². The molecule has 4 rings (SSSR count). The molecule has 0 spiro atoms. The first-order valence-corrected chi connectivity index (χ1v) is 10.7. The number of H-pyrrole nitrogens is 1. The lowest BCUT2D eigenvalue weighted by Crippen LogP contribution is -3.10. The van der Waals surface area contributed by atoms with Crippen LogP contribution < -0.4 is 25.2 Å². The summed E-state index contributed by atoms with van der Waals surface area (Å²) in [4.78, 5) is 29.6. The molecule has 1 fully saturated rings. The fourth-order valence-corrected chi connectivity index (χ4v) is 4.31. The molecular weight excluding hydrogens is 392 g/mol. The monoisotopic (exact) mass is 419 g/mol. The van der Waals surface area contributed by atoms with Crippen molar-refractivity contribution in [1.82, 2.24) is 14.9 Å². The first-order valence-electron chi connectivity index (χ1n) is 10.3. The quantitative estimate of drug-likeness (QED) is 0.434. The molecule has 1 amide bonds. The molecule has 29 heavy (non-hydrogen) atoms. The highest BCUT2D eigenvalue weighted by molar-refractivity contribution is 7.71. The van der Waals surface area contributed by atoms with Crippen LogP contribution in [0.1, 0.15) is 32.1 Å². The third-order valence-electron chi connectivity index (χ3n) is 5.60. The fraction of sp³-hybridized carbons (Fsp3) is 0.550. The van der Waals surface area contributed by atoms with Gasteiger partial charge in [-0.05, 0) is 24.7 Å². The van der Waals surface area contributed by atoms with Crippen LogP contribution in [-0.4, -0.2) is 48.4 Å². The summed E-state index contributed by atoms with van der Waals surface area (Å²) in [5.74, 6) is 1.18.